The number of unbranched alkanes of at least 4 members (excludes halogenated alkanes) is 4. The Morgan fingerprint density at radius 3 is 1.73 bits per heavy atom. The zero-order valence-electron chi connectivity index (χ0n) is 25.3. The smallest absolute Gasteiger partial charge is 0.336 e. The molecule has 1 amide bonds. The molecule has 2 aromatic carbocycles. The summed E-state index contributed by atoms with van der Waals surface area (Å²) < 4.78 is 10.9. The number of aliphatic carboxylic acids is 2. The molecule has 0 saturated heterocycles. The van der Waals surface area contributed by atoms with Crippen LogP contribution in [0.3, 0.4) is 0 Å². The highest BCUT2D eigenvalue weighted by atomic mass is 16.6. The fourth-order valence-corrected chi connectivity index (χ4v) is 4.66. The van der Waals surface area contributed by atoms with Gasteiger partial charge in [-0.15, -0.1) is 0 Å². The number of aryl methyl sites for hydroxylation is 6. The number of likely N-dealkylation sites (N-methyl/N-ethyl adjacent to an activating group) is 1. The molecule has 2 aromatic rings. The number of ether oxygens (including phenoxy) is 2. The minimum Gasteiger partial charge on any atom is -0.480 e. The van der Waals surface area contributed by atoms with Gasteiger partial charge in [0.05, 0.1) is 0 Å². The second-order valence-corrected chi connectivity index (χ2v) is 11.0. The Hall–Kier alpha value is -3.23. The largest absolute Gasteiger partial charge is 0.480 e. The van der Waals surface area contributed by atoms with Gasteiger partial charge in [-0.2, -0.15) is 0 Å². The van der Waals surface area contributed by atoms with Gasteiger partial charge in [0.25, 0.3) is 5.91 Å². The van der Waals surface area contributed by atoms with Crippen LogP contribution in [0, 0.1) is 27.7 Å². The molecule has 2 N–H and O–H groups in total. The van der Waals surface area contributed by atoms with Gasteiger partial charge in [-0.05, 0) is 99.6 Å². The number of rotatable bonds is 19. The molecule has 0 saturated carbocycles. The lowest BCUT2D eigenvalue weighted by Gasteiger charge is -2.27. The van der Waals surface area contributed by atoms with Crippen molar-refractivity contribution in [2.24, 2.45) is 0 Å². The first-order chi connectivity index (χ1) is 19.5. The lowest BCUT2D eigenvalue weighted by molar-refractivity contribution is -0.175. The van der Waals surface area contributed by atoms with Gasteiger partial charge in [-0.25, -0.2) is 9.59 Å². The van der Waals surface area contributed by atoms with E-state index in [0.29, 0.717) is 13.0 Å². The summed E-state index contributed by atoms with van der Waals surface area (Å²) in [5.41, 5.74) is 7.64. The second-order valence-electron chi connectivity index (χ2n) is 11.0. The molecule has 8 heteroatoms. The van der Waals surface area contributed by atoms with E-state index in [2.05, 4.69) is 64.1 Å². The number of carboxylic acid groups (broad SMARTS) is 2. The van der Waals surface area contributed by atoms with Gasteiger partial charge in [0.15, 0.2) is 12.2 Å². The maximum absolute atomic E-state index is 13.3. The Morgan fingerprint density at radius 2 is 1.24 bits per heavy atom. The van der Waals surface area contributed by atoms with Crippen molar-refractivity contribution in [2.75, 3.05) is 26.8 Å². The predicted octanol–water partition coefficient (Wildman–Crippen LogP) is 5.44. The minimum atomic E-state index is -1.71. The van der Waals surface area contributed by atoms with Gasteiger partial charge in [-0.1, -0.05) is 49.2 Å². The highest BCUT2D eigenvalue weighted by molar-refractivity contribution is 5.88. The van der Waals surface area contributed by atoms with E-state index in [9.17, 15) is 19.5 Å². The van der Waals surface area contributed by atoms with Crippen molar-refractivity contribution in [1.29, 1.82) is 0 Å². The van der Waals surface area contributed by atoms with E-state index in [1.165, 1.54) is 38.3 Å². The molecule has 0 heterocycles. The van der Waals surface area contributed by atoms with Gasteiger partial charge in [0.2, 0.25) is 0 Å². The molecule has 2 rings (SSSR count). The average Bonchev–Trinajstić information content (AvgIpc) is 2.92. The predicted molar refractivity (Wildman–Crippen MR) is 159 cm³/mol. The van der Waals surface area contributed by atoms with Crippen LogP contribution >= 0.6 is 0 Å². The topological polar surface area (TPSA) is 113 Å². The normalized spacial score (nSPS) is 12.6. The SMILES string of the molecule is Cc1ccc(CCCCCOC(C(=O)N(C)CCCCCc2ccc(C)c(C)c2)C(OCC(=O)O)C(=O)O)cc1C. The first-order valence-electron chi connectivity index (χ1n) is 14.5. The zero-order valence-corrected chi connectivity index (χ0v) is 25.3. The van der Waals surface area contributed by atoms with Crippen molar-refractivity contribution < 1.29 is 34.1 Å². The fourth-order valence-electron chi connectivity index (χ4n) is 4.66. The third-order valence-electron chi connectivity index (χ3n) is 7.53. The molecule has 0 aliphatic carbocycles. The van der Waals surface area contributed by atoms with Crippen LogP contribution in [-0.4, -0.2) is 72.0 Å². The highest BCUT2D eigenvalue weighted by Crippen LogP contribution is 2.16. The van der Waals surface area contributed by atoms with E-state index >= 15 is 0 Å². The standard InChI is InChI=1S/C33H47NO7/c1-23-14-16-27(20-25(23)3)12-8-6-10-18-34(5)32(37)30(31(33(38)39)41-22-29(35)36)40-19-11-7-9-13-28-17-15-24(2)26(4)21-28/h14-17,20-21,30-31H,6-13,18-19,22H2,1-5H3,(H,35,36)(H,38,39). The Labute approximate surface area is 244 Å². The Balaban J connectivity index is 1.87. The lowest BCUT2D eigenvalue weighted by Crippen LogP contribution is -2.50. The van der Waals surface area contributed by atoms with Gasteiger partial charge in [-0.3, -0.25) is 4.79 Å². The van der Waals surface area contributed by atoms with Crippen molar-refractivity contribution in [2.45, 2.75) is 91.3 Å². The van der Waals surface area contributed by atoms with E-state index in [0.717, 1.165) is 44.9 Å². The molecule has 2 unspecified atom stereocenters. The Kier molecular flexibility index (Phi) is 14.5. The molecular weight excluding hydrogens is 522 g/mol. The first-order valence-corrected chi connectivity index (χ1v) is 14.5. The molecule has 0 bridgehead atoms. The zero-order chi connectivity index (χ0) is 30.4. The number of nitrogens with zero attached hydrogens (tertiary/aromatic N) is 1. The summed E-state index contributed by atoms with van der Waals surface area (Å²) in [6.45, 7) is 8.16. The van der Waals surface area contributed by atoms with E-state index < -0.39 is 36.7 Å². The molecule has 0 aromatic heterocycles. The second kappa shape index (κ2) is 17.6. The van der Waals surface area contributed by atoms with Gasteiger partial charge >= 0.3 is 11.9 Å². The lowest BCUT2D eigenvalue weighted by atomic mass is 10.0. The number of carbonyl (C=O) groups is 3. The van der Waals surface area contributed by atoms with Crippen LogP contribution in [0.1, 0.15) is 71.9 Å². The van der Waals surface area contributed by atoms with E-state index in [-0.39, 0.29) is 6.61 Å². The molecule has 0 radical (unpaired) electrons. The highest BCUT2D eigenvalue weighted by Gasteiger charge is 2.37. The van der Waals surface area contributed by atoms with E-state index in [1.54, 1.807) is 7.05 Å². The average molecular weight is 570 g/mol. The van der Waals surface area contributed by atoms with Gasteiger partial charge in [0, 0.05) is 20.2 Å². The van der Waals surface area contributed by atoms with Crippen molar-refractivity contribution in [3.63, 3.8) is 0 Å². The summed E-state index contributed by atoms with van der Waals surface area (Å²) in [6, 6.07) is 12.9. The van der Waals surface area contributed by atoms with Crippen LogP contribution in [0.4, 0.5) is 0 Å². The number of hydrogen-bond acceptors (Lipinski definition) is 5. The maximum Gasteiger partial charge on any atom is 0.336 e. The Morgan fingerprint density at radius 1 is 0.707 bits per heavy atom. The molecule has 0 fully saturated rings. The van der Waals surface area contributed by atoms with E-state index in [4.69, 9.17) is 14.6 Å². The summed E-state index contributed by atoms with van der Waals surface area (Å²) in [4.78, 5) is 37.7. The maximum atomic E-state index is 13.3. The molecule has 2 atom stereocenters. The molecule has 0 spiro atoms. The number of carbonyl (C=O) groups excluding carboxylic acids is 1. The Bertz CT molecular complexity index is 1150. The molecule has 226 valence electrons. The third-order valence-corrected chi connectivity index (χ3v) is 7.53. The van der Waals surface area contributed by atoms with Crippen molar-refractivity contribution in [3.8, 4) is 0 Å². The van der Waals surface area contributed by atoms with Crippen LogP contribution in [0.15, 0.2) is 36.4 Å². The minimum absolute atomic E-state index is 0.174. The van der Waals surface area contributed by atoms with Crippen LogP contribution in [0.2, 0.25) is 0 Å². The summed E-state index contributed by atoms with van der Waals surface area (Å²) in [5.74, 6) is -3.26. The van der Waals surface area contributed by atoms with Crippen molar-refractivity contribution in [3.05, 3.63) is 69.8 Å². The van der Waals surface area contributed by atoms with Crippen molar-refractivity contribution in [1.82, 2.24) is 4.90 Å². The summed E-state index contributed by atoms with van der Waals surface area (Å²) >= 11 is 0. The number of carboxylic acids is 2. The molecule has 0 aliphatic rings. The summed E-state index contributed by atoms with van der Waals surface area (Å²) in [7, 11) is 1.61. The quantitative estimate of drug-likeness (QED) is 0.217. The number of benzene rings is 2. The summed E-state index contributed by atoms with van der Waals surface area (Å²) in [5, 5.41) is 18.7. The van der Waals surface area contributed by atoms with Crippen LogP contribution in [0.25, 0.3) is 0 Å². The molecule has 8 nitrogen and oxygen atoms in total. The van der Waals surface area contributed by atoms with Crippen LogP contribution in [0.5, 0.6) is 0 Å². The van der Waals surface area contributed by atoms with E-state index in [1.807, 2.05) is 0 Å². The number of hydrogen-bond donors (Lipinski definition) is 2. The van der Waals surface area contributed by atoms with Gasteiger partial charge in [0.1, 0.15) is 6.61 Å². The fraction of sp³-hybridized carbons (Fsp3) is 0.545. The van der Waals surface area contributed by atoms with Crippen LogP contribution < -0.4 is 0 Å². The third kappa shape index (κ3) is 12.0. The van der Waals surface area contributed by atoms with Gasteiger partial charge < -0.3 is 24.6 Å². The van der Waals surface area contributed by atoms with Crippen molar-refractivity contribution >= 4 is 17.8 Å². The summed E-state index contributed by atoms with van der Waals surface area (Å²) in [6.07, 6.45) is 3.82. The molecular formula is C33H47NO7. The monoisotopic (exact) mass is 569 g/mol. The molecule has 41 heavy (non-hydrogen) atoms. The number of amides is 1. The van der Waals surface area contributed by atoms with Crippen LogP contribution in [-0.2, 0) is 36.7 Å². The first kappa shape index (κ1) is 34.0. The molecule has 0 aliphatic heterocycles.